The monoisotopic (exact) mass is 503 g/mol. The van der Waals surface area contributed by atoms with Crippen LogP contribution in [0.1, 0.15) is 70.4 Å². The van der Waals surface area contributed by atoms with Crippen LogP contribution in [0.4, 0.5) is 0 Å². The van der Waals surface area contributed by atoms with Crippen LogP contribution in [0.2, 0.25) is 5.02 Å². The van der Waals surface area contributed by atoms with Gasteiger partial charge in [-0.3, -0.25) is 9.59 Å². The number of hydrogen-bond donors (Lipinski definition) is 0. The highest BCUT2D eigenvalue weighted by Crippen LogP contribution is 2.55. The van der Waals surface area contributed by atoms with Crippen molar-refractivity contribution in [2.75, 3.05) is 7.05 Å². The molecule has 188 valence electrons. The maximum atomic E-state index is 13.7. The summed E-state index contributed by atoms with van der Waals surface area (Å²) in [4.78, 5) is 29.6. The Kier molecular flexibility index (Phi) is 6.15. The molecule has 0 unspecified atom stereocenters. The first kappa shape index (κ1) is 24.8. The summed E-state index contributed by atoms with van der Waals surface area (Å²) in [6, 6.07) is 15.5. The molecular formula is C31H34ClNO3. The van der Waals surface area contributed by atoms with Gasteiger partial charge in [0.05, 0.1) is 0 Å². The first-order valence-electron chi connectivity index (χ1n) is 12.7. The molecule has 0 fully saturated rings. The number of allylic oxidation sites excluding steroid dienone is 4. The van der Waals surface area contributed by atoms with Crippen LogP contribution in [-0.2, 0) is 16.2 Å². The third-order valence-electron chi connectivity index (χ3n) is 7.72. The van der Waals surface area contributed by atoms with Gasteiger partial charge in [0.2, 0.25) is 0 Å². The summed E-state index contributed by atoms with van der Waals surface area (Å²) in [5.74, 6) is 0.570. The molecule has 0 saturated carbocycles. The van der Waals surface area contributed by atoms with Gasteiger partial charge in [0, 0.05) is 58.9 Å². The van der Waals surface area contributed by atoms with Crippen LogP contribution in [0.3, 0.4) is 0 Å². The fourth-order valence-electron chi connectivity index (χ4n) is 6.07. The fourth-order valence-corrected chi connectivity index (χ4v) is 6.19. The molecule has 4 nitrogen and oxygen atoms in total. The molecule has 2 aromatic rings. The Balaban J connectivity index is 1.64. The summed E-state index contributed by atoms with van der Waals surface area (Å²) in [6.07, 6.45) is 2.57. The van der Waals surface area contributed by atoms with Crippen LogP contribution in [-0.4, -0.2) is 23.5 Å². The Morgan fingerprint density at radius 3 is 1.92 bits per heavy atom. The number of Topliss-reactive ketones (excluding diaryl/α,β-unsaturated/α-hetero) is 2. The number of halogens is 1. The van der Waals surface area contributed by atoms with Crippen molar-refractivity contribution in [3.8, 4) is 5.75 Å². The molecule has 0 spiro atoms. The Morgan fingerprint density at radius 1 is 0.833 bits per heavy atom. The molecule has 0 atom stereocenters. The summed E-state index contributed by atoms with van der Waals surface area (Å²) >= 11 is 6.05. The average molecular weight is 504 g/mol. The molecule has 0 amide bonds. The highest BCUT2D eigenvalue weighted by Gasteiger charge is 2.48. The van der Waals surface area contributed by atoms with Gasteiger partial charge in [-0.05, 0) is 47.4 Å². The first-order chi connectivity index (χ1) is 17.0. The van der Waals surface area contributed by atoms with E-state index in [1.807, 2.05) is 55.6 Å². The lowest BCUT2D eigenvalue weighted by atomic mass is 9.63. The number of rotatable bonds is 4. The molecule has 5 rings (SSSR count). The van der Waals surface area contributed by atoms with E-state index in [4.69, 9.17) is 16.3 Å². The van der Waals surface area contributed by atoms with Crippen LogP contribution in [0.25, 0.3) is 0 Å². The van der Waals surface area contributed by atoms with Gasteiger partial charge in [0.1, 0.15) is 12.4 Å². The van der Waals surface area contributed by atoms with Crippen molar-refractivity contribution < 1.29 is 14.3 Å². The molecule has 2 aliphatic carbocycles. The molecule has 1 aliphatic heterocycles. The van der Waals surface area contributed by atoms with Crippen molar-refractivity contribution in [3.63, 3.8) is 0 Å². The third-order valence-corrected chi connectivity index (χ3v) is 7.97. The lowest BCUT2D eigenvalue weighted by Crippen LogP contribution is -2.43. The van der Waals surface area contributed by atoms with E-state index in [9.17, 15) is 9.59 Å². The molecule has 2 aromatic carbocycles. The summed E-state index contributed by atoms with van der Waals surface area (Å²) in [7, 11) is 2.03. The van der Waals surface area contributed by atoms with Gasteiger partial charge < -0.3 is 9.64 Å². The second kappa shape index (κ2) is 8.92. The number of nitrogens with zero attached hydrogens (tertiary/aromatic N) is 1. The topological polar surface area (TPSA) is 46.6 Å². The number of ketones is 2. The molecule has 0 bridgehead atoms. The fraction of sp³-hybridized carbons (Fsp3) is 0.419. The predicted molar refractivity (Wildman–Crippen MR) is 143 cm³/mol. The number of carbonyl (C=O) groups excluding carboxylic acids is 2. The first-order valence-corrected chi connectivity index (χ1v) is 13.1. The predicted octanol–water partition coefficient (Wildman–Crippen LogP) is 7.23. The van der Waals surface area contributed by atoms with Crippen LogP contribution in [0.15, 0.2) is 71.1 Å². The number of para-hydroxylation sites is 1. The van der Waals surface area contributed by atoms with Crippen LogP contribution < -0.4 is 4.74 Å². The van der Waals surface area contributed by atoms with Crippen molar-refractivity contribution in [3.05, 3.63) is 87.2 Å². The normalized spacial score (nSPS) is 21.4. The SMILES string of the molecule is CN1C2=C(C(=O)CC(C)(C)C2)C(c2ccccc2OCc2ccc(Cl)cc2)C2=C1CC(C)(C)CC2=O. The van der Waals surface area contributed by atoms with Crippen LogP contribution >= 0.6 is 11.6 Å². The largest absolute Gasteiger partial charge is 0.489 e. The lowest BCUT2D eigenvalue weighted by Gasteiger charge is -2.48. The van der Waals surface area contributed by atoms with Crippen LogP contribution in [0, 0.1) is 10.8 Å². The molecular weight excluding hydrogens is 470 g/mol. The molecule has 3 aliphatic rings. The van der Waals surface area contributed by atoms with E-state index in [2.05, 4.69) is 32.6 Å². The number of ether oxygens (including phenoxy) is 1. The Bertz CT molecular complexity index is 1250. The van der Waals surface area contributed by atoms with Crippen molar-refractivity contribution in [2.24, 2.45) is 10.8 Å². The smallest absolute Gasteiger partial charge is 0.162 e. The number of benzene rings is 2. The molecule has 0 aromatic heterocycles. The standard InChI is InChI=1S/C31H34ClNO3/c1-30(2)14-22-28(24(34)16-30)27(29-23(33(22)5)15-31(3,4)17-25(29)35)21-8-6-7-9-26(21)36-18-19-10-12-20(32)13-11-19/h6-13,27H,14-18H2,1-5H3. The van der Waals surface area contributed by atoms with Gasteiger partial charge >= 0.3 is 0 Å². The zero-order valence-electron chi connectivity index (χ0n) is 21.8. The maximum Gasteiger partial charge on any atom is 0.162 e. The van der Waals surface area contributed by atoms with E-state index in [0.29, 0.717) is 30.2 Å². The van der Waals surface area contributed by atoms with E-state index in [1.165, 1.54) is 0 Å². The second-order valence-electron chi connectivity index (χ2n) is 12.0. The minimum atomic E-state index is -0.403. The van der Waals surface area contributed by atoms with E-state index in [1.54, 1.807) is 0 Å². The van der Waals surface area contributed by atoms with Gasteiger partial charge in [0.15, 0.2) is 11.6 Å². The average Bonchev–Trinajstić information content (AvgIpc) is 2.79. The van der Waals surface area contributed by atoms with Crippen LogP contribution in [0.5, 0.6) is 5.75 Å². The van der Waals surface area contributed by atoms with Crippen molar-refractivity contribution in [2.45, 2.75) is 65.9 Å². The molecule has 0 radical (unpaired) electrons. The lowest BCUT2D eigenvalue weighted by molar-refractivity contribution is -0.119. The zero-order chi connectivity index (χ0) is 25.8. The van der Waals surface area contributed by atoms with Crippen molar-refractivity contribution >= 4 is 23.2 Å². The minimum Gasteiger partial charge on any atom is -0.489 e. The Labute approximate surface area is 219 Å². The highest BCUT2D eigenvalue weighted by atomic mass is 35.5. The Morgan fingerprint density at radius 2 is 1.36 bits per heavy atom. The summed E-state index contributed by atoms with van der Waals surface area (Å²) in [5, 5.41) is 0.682. The van der Waals surface area contributed by atoms with E-state index >= 15 is 0 Å². The minimum absolute atomic E-state index is 0.119. The third kappa shape index (κ3) is 4.52. The number of hydrogen-bond acceptors (Lipinski definition) is 4. The maximum absolute atomic E-state index is 13.7. The Hall–Kier alpha value is -2.85. The molecule has 0 saturated heterocycles. The van der Waals surface area contributed by atoms with Crippen molar-refractivity contribution in [1.82, 2.24) is 4.90 Å². The van der Waals surface area contributed by atoms with E-state index in [0.717, 1.165) is 46.5 Å². The number of carbonyl (C=O) groups is 2. The van der Waals surface area contributed by atoms with Gasteiger partial charge in [0.25, 0.3) is 0 Å². The van der Waals surface area contributed by atoms with Gasteiger partial charge in [-0.25, -0.2) is 0 Å². The summed E-state index contributed by atoms with van der Waals surface area (Å²) < 4.78 is 6.33. The molecule has 36 heavy (non-hydrogen) atoms. The quantitative estimate of drug-likeness (QED) is 0.441. The van der Waals surface area contributed by atoms with Gasteiger partial charge in [-0.1, -0.05) is 69.6 Å². The summed E-state index contributed by atoms with van der Waals surface area (Å²) in [5.41, 5.74) is 5.30. The molecule has 0 N–H and O–H groups in total. The van der Waals surface area contributed by atoms with E-state index < -0.39 is 5.92 Å². The highest BCUT2D eigenvalue weighted by molar-refractivity contribution is 6.30. The zero-order valence-corrected chi connectivity index (χ0v) is 22.5. The second-order valence-corrected chi connectivity index (χ2v) is 12.5. The van der Waals surface area contributed by atoms with Gasteiger partial charge in [-0.2, -0.15) is 0 Å². The molecule has 1 heterocycles. The van der Waals surface area contributed by atoms with E-state index in [-0.39, 0.29) is 22.4 Å². The molecule has 5 heteroatoms. The summed E-state index contributed by atoms with van der Waals surface area (Å²) in [6.45, 7) is 8.99. The van der Waals surface area contributed by atoms with Gasteiger partial charge in [-0.15, -0.1) is 0 Å². The van der Waals surface area contributed by atoms with Crippen molar-refractivity contribution in [1.29, 1.82) is 0 Å².